The fourth-order valence-electron chi connectivity index (χ4n) is 0.520. The predicted molar refractivity (Wildman–Crippen MR) is 34.7 cm³/mol. The van der Waals surface area contributed by atoms with Crippen LogP contribution in [-0.2, 0) is 9.53 Å². The molecule has 0 aromatic rings. The summed E-state index contributed by atoms with van der Waals surface area (Å²) in [7, 11) is 0. The lowest BCUT2D eigenvalue weighted by Gasteiger charge is -2.04. The Morgan fingerprint density at radius 1 is 1.89 bits per heavy atom. The first-order valence-corrected chi connectivity index (χ1v) is 2.90. The van der Waals surface area contributed by atoms with E-state index in [-0.39, 0.29) is 6.10 Å². The Kier molecular flexibility index (Phi) is 4.61. The SMILES string of the molecule is C#CC(CCC)OC=O. The van der Waals surface area contributed by atoms with Gasteiger partial charge < -0.3 is 4.74 Å². The maximum atomic E-state index is 9.73. The Bertz CT molecular complexity index is 113. The summed E-state index contributed by atoms with van der Waals surface area (Å²) in [5, 5.41) is 0. The zero-order valence-corrected chi connectivity index (χ0v) is 5.46. The molecule has 0 saturated carbocycles. The highest BCUT2D eigenvalue weighted by molar-refractivity contribution is 5.38. The zero-order chi connectivity index (χ0) is 7.11. The Balaban J connectivity index is 3.44. The minimum Gasteiger partial charge on any atom is -0.451 e. The lowest BCUT2D eigenvalue weighted by atomic mass is 10.2. The first kappa shape index (κ1) is 8.03. The van der Waals surface area contributed by atoms with Crippen molar-refractivity contribution >= 4 is 6.47 Å². The van der Waals surface area contributed by atoms with E-state index in [0.29, 0.717) is 6.47 Å². The van der Waals surface area contributed by atoms with Gasteiger partial charge in [-0.25, -0.2) is 0 Å². The molecule has 9 heavy (non-hydrogen) atoms. The molecule has 0 radical (unpaired) electrons. The summed E-state index contributed by atoms with van der Waals surface area (Å²) in [6.07, 6.45) is 6.36. The van der Waals surface area contributed by atoms with Crippen molar-refractivity contribution in [1.82, 2.24) is 0 Å². The molecule has 0 fully saturated rings. The van der Waals surface area contributed by atoms with Gasteiger partial charge in [0.15, 0.2) is 6.10 Å². The molecule has 0 bridgehead atoms. The molecule has 2 nitrogen and oxygen atoms in total. The van der Waals surface area contributed by atoms with E-state index >= 15 is 0 Å². The monoisotopic (exact) mass is 126 g/mol. The van der Waals surface area contributed by atoms with Crippen LogP contribution in [0.5, 0.6) is 0 Å². The van der Waals surface area contributed by atoms with Gasteiger partial charge in [0.2, 0.25) is 0 Å². The predicted octanol–water partition coefficient (Wildman–Crippen LogP) is 0.961. The van der Waals surface area contributed by atoms with E-state index in [1.54, 1.807) is 0 Å². The molecule has 0 aromatic carbocycles. The Morgan fingerprint density at radius 2 is 2.56 bits per heavy atom. The first-order valence-electron chi connectivity index (χ1n) is 2.90. The van der Waals surface area contributed by atoms with Crippen molar-refractivity contribution in [1.29, 1.82) is 0 Å². The molecule has 50 valence electrons. The molecule has 0 saturated heterocycles. The summed E-state index contributed by atoms with van der Waals surface area (Å²) in [6, 6.07) is 0. The molecule has 0 aliphatic heterocycles. The van der Waals surface area contributed by atoms with Crippen LogP contribution < -0.4 is 0 Å². The van der Waals surface area contributed by atoms with Crippen LogP contribution in [0, 0.1) is 12.3 Å². The average Bonchev–Trinajstić information content (AvgIpc) is 1.88. The molecular formula is C7H10O2. The van der Waals surface area contributed by atoms with Crippen LogP contribution in [0.4, 0.5) is 0 Å². The van der Waals surface area contributed by atoms with Crippen LogP contribution in [0.2, 0.25) is 0 Å². The molecule has 0 aliphatic rings. The number of terminal acetylenes is 1. The van der Waals surface area contributed by atoms with E-state index in [0.717, 1.165) is 12.8 Å². The Morgan fingerprint density at radius 3 is 2.89 bits per heavy atom. The van der Waals surface area contributed by atoms with Crippen LogP contribution in [0.15, 0.2) is 0 Å². The number of ether oxygens (including phenoxy) is 1. The van der Waals surface area contributed by atoms with Crippen molar-refractivity contribution in [2.24, 2.45) is 0 Å². The second-order valence-corrected chi connectivity index (χ2v) is 1.68. The van der Waals surface area contributed by atoms with Gasteiger partial charge in [0.25, 0.3) is 6.47 Å². The van der Waals surface area contributed by atoms with Gasteiger partial charge in [-0.2, -0.15) is 0 Å². The summed E-state index contributed by atoms with van der Waals surface area (Å²) in [6.45, 7) is 2.37. The van der Waals surface area contributed by atoms with Crippen LogP contribution in [-0.4, -0.2) is 12.6 Å². The summed E-state index contributed by atoms with van der Waals surface area (Å²) in [4.78, 5) is 9.73. The summed E-state index contributed by atoms with van der Waals surface area (Å²) in [5.41, 5.74) is 0. The molecular weight excluding hydrogens is 116 g/mol. The Labute approximate surface area is 55.2 Å². The second-order valence-electron chi connectivity index (χ2n) is 1.68. The van der Waals surface area contributed by atoms with Gasteiger partial charge in [0.05, 0.1) is 0 Å². The van der Waals surface area contributed by atoms with E-state index in [1.165, 1.54) is 0 Å². The van der Waals surface area contributed by atoms with Crippen molar-refractivity contribution in [2.45, 2.75) is 25.9 Å². The van der Waals surface area contributed by atoms with Gasteiger partial charge in [0.1, 0.15) is 0 Å². The minimum atomic E-state index is -0.326. The van der Waals surface area contributed by atoms with Crippen LogP contribution in [0.25, 0.3) is 0 Å². The fourth-order valence-corrected chi connectivity index (χ4v) is 0.520. The van der Waals surface area contributed by atoms with Crippen LogP contribution in [0.3, 0.4) is 0 Å². The van der Waals surface area contributed by atoms with Crippen molar-refractivity contribution < 1.29 is 9.53 Å². The van der Waals surface area contributed by atoms with E-state index in [1.807, 2.05) is 6.92 Å². The molecule has 0 aromatic heterocycles. The largest absolute Gasteiger partial charge is 0.451 e. The van der Waals surface area contributed by atoms with E-state index < -0.39 is 0 Å². The van der Waals surface area contributed by atoms with Gasteiger partial charge in [-0.1, -0.05) is 19.3 Å². The first-order chi connectivity index (χ1) is 4.35. The maximum Gasteiger partial charge on any atom is 0.294 e. The van der Waals surface area contributed by atoms with E-state index in [2.05, 4.69) is 10.7 Å². The molecule has 0 rings (SSSR count). The number of hydrogen-bond donors (Lipinski definition) is 0. The third kappa shape index (κ3) is 3.60. The van der Waals surface area contributed by atoms with Crippen molar-refractivity contribution in [2.75, 3.05) is 0 Å². The topological polar surface area (TPSA) is 26.3 Å². The third-order valence-electron chi connectivity index (χ3n) is 0.957. The standard InChI is InChI=1S/C7H10O2/c1-3-5-7(4-2)9-6-8/h2,6-7H,3,5H2,1H3. The number of rotatable bonds is 4. The van der Waals surface area contributed by atoms with Gasteiger partial charge in [-0.15, -0.1) is 6.42 Å². The summed E-state index contributed by atoms with van der Waals surface area (Å²) >= 11 is 0. The molecule has 1 atom stereocenters. The van der Waals surface area contributed by atoms with Crippen molar-refractivity contribution in [3.05, 3.63) is 0 Å². The fraction of sp³-hybridized carbons (Fsp3) is 0.571. The highest BCUT2D eigenvalue weighted by atomic mass is 16.5. The molecule has 0 aliphatic carbocycles. The van der Waals surface area contributed by atoms with E-state index in [9.17, 15) is 4.79 Å². The minimum absolute atomic E-state index is 0.326. The van der Waals surface area contributed by atoms with Gasteiger partial charge in [0, 0.05) is 0 Å². The molecule has 0 spiro atoms. The molecule has 2 heteroatoms. The summed E-state index contributed by atoms with van der Waals surface area (Å²) < 4.78 is 4.51. The third-order valence-corrected chi connectivity index (χ3v) is 0.957. The van der Waals surface area contributed by atoms with Crippen molar-refractivity contribution in [3.8, 4) is 12.3 Å². The highest BCUT2D eigenvalue weighted by Gasteiger charge is 2.00. The quantitative estimate of drug-likeness (QED) is 0.414. The van der Waals surface area contributed by atoms with E-state index in [4.69, 9.17) is 6.42 Å². The molecule has 1 unspecified atom stereocenters. The van der Waals surface area contributed by atoms with Gasteiger partial charge in [-0.05, 0) is 6.42 Å². The van der Waals surface area contributed by atoms with Gasteiger partial charge in [-0.3, -0.25) is 4.79 Å². The number of hydrogen-bond acceptors (Lipinski definition) is 2. The summed E-state index contributed by atoms with van der Waals surface area (Å²) in [5.74, 6) is 2.35. The smallest absolute Gasteiger partial charge is 0.294 e. The zero-order valence-electron chi connectivity index (χ0n) is 5.46. The maximum absolute atomic E-state index is 9.73. The average molecular weight is 126 g/mol. The van der Waals surface area contributed by atoms with Crippen molar-refractivity contribution in [3.63, 3.8) is 0 Å². The lowest BCUT2D eigenvalue weighted by Crippen LogP contribution is -2.07. The number of carbonyl (C=O) groups is 1. The van der Waals surface area contributed by atoms with Crippen LogP contribution in [0.1, 0.15) is 19.8 Å². The normalized spacial score (nSPS) is 11.6. The van der Waals surface area contributed by atoms with Gasteiger partial charge >= 0.3 is 0 Å². The number of carbonyl (C=O) groups excluding carboxylic acids is 1. The second kappa shape index (κ2) is 5.17. The molecule has 0 N–H and O–H groups in total. The highest BCUT2D eigenvalue weighted by Crippen LogP contribution is 1.97. The lowest BCUT2D eigenvalue weighted by molar-refractivity contribution is -0.131. The molecule has 0 amide bonds. The van der Waals surface area contributed by atoms with Crippen LogP contribution >= 0.6 is 0 Å². The Hall–Kier alpha value is -0.970. The molecule has 0 heterocycles.